The highest BCUT2D eigenvalue weighted by molar-refractivity contribution is 9.10. The lowest BCUT2D eigenvalue weighted by Gasteiger charge is -2.17. The van der Waals surface area contributed by atoms with Crippen molar-refractivity contribution in [3.05, 3.63) is 28.5 Å². The van der Waals surface area contributed by atoms with Gasteiger partial charge in [0.1, 0.15) is 11.6 Å². The first kappa shape index (κ1) is 12.5. The zero-order chi connectivity index (χ0) is 11.5. The van der Waals surface area contributed by atoms with Gasteiger partial charge in [-0.3, -0.25) is 0 Å². The van der Waals surface area contributed by atoms with Crippen molar-refractivity contribution in [3.8, 4) is 5.75 Å². The zero-order valence-corrected chi connectivity index (χ0v) is 10.3. The number of aliphatic hydroxyl groups is 1. The molecule has 0 saturated carbocycles. The van der Waals surface area contributed by atoms with Crippen molar-refractivity contribution < 1.29 is 14.2 Å². The van der Waals surface area contributed by atoms with Crippen molar-refractivity contribution in [2.24, 2.45) is 0 Å². The maximum Gasteiger partial charge on any atom is 0.141 e. The van der Waals surface area contributed by atoms with E-state index in [1.165, 1.54) is 6.07 Å². The van der Waals surface area contributed by atoms with Crippen LogP contribution in [0.25, 0.3) is 0 Å². The van der Waals surface area contributed by atoms with E-state index in [-0.39, 0.29) is 5.82 Å². The zero-order valence-electron chi connectivity index (χ0n) is 8.76. The van der Waals surface area contributed by atoms with Gasteiger partial charge in [-0.2, -0.15) is 0 Å². The Hall–Kier alpha value is -0.610. The fourth-order valence-electron chi connectivity index (χ4n) is 0.985. The number of hydrogen-bond acceptors (Lipinski definition) is 2. The summed E-state index contributed by atoms with van der Waals surface area (Å²) in [6.07, 6.45) is 0.505. The summed E-state index contributed by atoms with van der Waals surface area (Å²) in [7, 11) is 0. The molecule has 0 aromatic heterocycles. The van der Waals surface area contributed by atoms with Crippen LogP contribution in [-0.4, -0.2) is 17.3 Å². The fourth-order valence-corrected chi connectivity index (χ4v) is 1.23. The second-order valence-electron chi connectivity index (χ2n) is 3.99. The van der Waals surface area contributed by atoms with E-state index < -0.39 is 5.60 Å². The summed E-state index contributed by atoms with van der Waals surface area (Å²) in [5, 5.41) is 9.43. The highest BCUT2D eigenvalue weighted by atomic mass is 79.9. The minimum atomic E-state index is -0.756. The molecule has 0 aliphatic rings. The second-order valence-corrected chi connectivity index (χ2v) is 4.84. The molecule has 0 bridgehead atoms. The molecule has 0 spiro atoms. The number of benzene rings is 1. The molecule has 1 N–H and O–H groups in total. The lowest BCUT2D eigenvalue weighted by Crippen LogP contribution is -2.21. The van der Waals surface area contributed by atoms with Gasteiger partial charge < -0.3 is 9.84 Å². The summed E-state index contributed by atoms with van der Waals surface area (Å²) in [6, 6.07) is 4.58. The molecule has 0 aliphatic heterocycles. The van der Waals surface area contributed by atoms with Gasteiger partial charge in [0, 0.05) is 12.5 Å². The largest absolute Gasteiger partial charge is 0.493 e. The number of rotatable bonds is 4. The van der Waals surface area contributed by atoms with Crippen LogP contribution >= 0.6 is 15.9 Å². The van der Waals surface area contributed by atoms with E-state index in [4.69, 9.17) is 4.74 Å². The van der Waals surface area contributed by atoms with Crippen LogP contribution in [0.4, 0.5) is 4.39 Å². The monoisotopic (exact) mass is 276 g/mol. The van der Waals surface area contributed by atoms with Crippen molar-refractivity contribution in [2.45, 2.75) is 25.9 Å². The highest BCUT2D eigenvalue weighted by Gasteiger charge is 2.12. The van der Waals surface area contributed by atoms with Crippen LogP contribution in [0.2, 0.25) is 0 Å². The van der Waals surface area contributed by atoms with Crippen LogP contribution in [0, 0.1) is 5.82 Å². The van der Waals surface area contributed by atoms with Gasteiger partial charge in [-0.05, 0) is 41.9 Å². The number of halogens is 2. The van der Waals surface area contributed by atoms with Gasteiger partial charge in [0.25, 0.3) is 0 Å². The maximum atomic E-state index is 13.1. The Balaban J connectivity index is 2.48. The summed E-state index contributed by atoms with van der Waals surface area (Å²) in [5.74, 6) is 0.121. The first-order chi connectivity index (χ1) is 6.88. The Bertz CT molecular complexity index is 334. The van der Waals surface area contributed by atoms with Gasteiger partial charge in [0.15, 0.2) is 0 Å². The van der Waals surface area contributed by atoms with Crippen molar-refractivity contribution in [1.29, 1.82) is 0 Å². The van der Waals surface area contributed by atoms with E-state index >= 15 is 0 Å². The Labute approximate surface area is 97.2 Å². The SMILES string of the molecule is CC(C)(O)CCOc1ccc(Br)c(F)c1. The van der Waals surface area contributed by atoms with Crippen molar-refractivity contribution in [1.82, 2.24) is 0 Å². The van der Waals surface area contributed by atoms with Crippen LogP contribution in [0.3, 0.4) is 0 Å². The first-order valence-electron chi connectivity index (χ1n) is 4.69. The Morgan fingerprint density at radius 2 is 2.13 bits per heavy atom. The van der Waals surface area contributed by atoms with E-state index in [1.807, 2.05) is 0 Å². The van der Waals surface area contributed by atoms with Crippen LogP contribution in [0.5, 0.6) is 5.75 Å². The van der Waals surface area contributed by atoms with Gasteiger partial charge in [-0.15, -0.1) is 0 Å². The molecule has 0 amide bonds. The smallest absolute Gasteiger partial charge is 0.141 e. The van der Waals surface area contributed by atoms with Gasteiger partial charge in [-0.1, -0.05) is 0 Å². The molecule has 1 aromatic carbocycles. The molecule has 0 atom stereocenters. The van der Waals surface area contributed by atoms with Crippen LogP contribution in [-0.2, 0) is 0 Å². The van der Waals surface area contributed by atoms with E-state index in [0.29, 0.717) is 23.2 Å². The molecule has 15 heavy (non-hydrogen) atoms. The number of hydrogen-bond donors (Lipinski definition) is 1. The van der Waals surface area contributed by atoms with E-state index in [0.717, 1.165) is 0 Å². The van der Waals surface area contributed by atoms with E-state index in [9.17, 15) is 9.50 Å². The van der Waals surface area contributed by atoms with Crippen LogP contribution < -0.4 is 4.74 Å². The molecular formula is C11H14BrFO2. The minimum absolute atomic E-state index is 0.351. The Morgan fingerprint density at radius 1 is 1.47 bits per heavy atom. The van der Waals surface area contributed by atoms with Crippen LogP contribution in [0.15, 0.2) is 22.7 Å². The minimum Gasteiger partial charge on any atom is -0.493 e. The lowest BCUT2D eigenvalue weighted by molar-refractivity contribution is 0.0553. The standard InChI is InChI=1S/C11H14BrFO2/c1-11(2,14)5-6-15-8-3-4-9(12)10(13)7-8/h3-4,7,14H,5-6H2,1-2H3. The summed E-state index contributed by atoms with van der Waals surface area (Å²) in [6.45, 7) is 3.78. The quantitative estimate of drug-likeness (QED) is 0.916. The molecule has 4 heteroatoms. The molecule has 0 saturated heterocycles. The molecule has 2 nitrogen and oxygen atoms in total. The third-order valence-corrected chi connectivity index (χ3v) is 2.52. The second kappa shape index (κ2) is 4.94. The predicted octanol–water partition coefficient (Wildman–Crippen LogP) is 3.13. The molecule has 0 fully saturated rings. The molecule has 0 unspecified atom stereocenters. The topological polar surface area (TPSA) is 29.5 Å². The van der Waals surface area contributed by atoms with Gasteiger partial charge in [0.2, 0.25) is 0 Å². The van der Waals surface area contributed by atoms with Gasteiger partial charge in [-0.25, -0.2) is 4.39 Å². The van der Waals surface area contributed by atoms with Crippen molar-refractivity contribution >= 4 is 15.9 Å². The predicted molar refractivity (Wildman–Crippen MR) is 60.5 cm³/mol. The molecular weight excluding hydrogens is 263 g/mol. The molecule has 1 rings (SSSR count). The lowest BCUT2D eigenvalue weighted by atomic mass is 10.1. The third-order valence-electron chi connectivity index (χ3n) is 1.87. The van der Waals surface area contributed by atoms with Crippen molar-refractivity contribution in [2.75, 3.05) is 6.61 Å². The maximum absolute atomic E-state index is 13.1. The highest BCUT2D eigenvalue weighted by Crippen LogP contribution is 2.21. The van der Waals surface area contributed by atoms with E-state index in [2.05, 4.69) is 15.9 Å². The Kier molecular flexibility index (Phi) is 4.11. The molecule has 1 aromatic rings. The number of ether oxygens (including phenoxy) is 1. The van der Waals surface area contributed by atoms with E-state index in [1.54, 1.807) is 26.0 Å². The normalized spacial score (nSPS) is 11.5. The van der Waals surface area contributed by atoms with Gasteiger partial charge >= 0.3 is 0 Å². The molecule has 84 valence electrons. The fraction of sp³-hybridized carbons (Fsp3) is 0.455. The van der Waals surface area contributed by atoms with Crippen LogP contribution in [0.1, 0.15) is 20.3 Å². The summed E-state index contributed by atoms with van der Waals surface area (Å²) in [5.41, 5.74) is -0.756. The van der Waals surface area contributed by atoms with Crippen molar-refractivity contribution in [3.63, 3.8) is 0 Å². The average Bonchev–Trinajstić information content (AvgIpc) is 2.09. The summed E-state index contributed by atoms with van der Waals surface area (Å²) >= 11 is 3.06. The molecule has 0 radical (unpaired) electrons. The molecule has 0 aliphatic carbocycles. The average molecular weight is 277 g/mol. The third kappa shape index (κ3) is 4.62. The molecule has 0 heterocycles. The Morgan fingerprint density at radius 3 is 2.67 bits per heavy atom. The van der Waals surface area contributed by atoms with Gasteiger partial charge in [0.05, 0.1) is 16.7 Å². The summed E-state index contributed by atoms with van der Waals surface area (Å²) < 4.78 is 18.8. The first-order valence-corrected chi connectivity index (χ1v) is 5.48. The summed E-state index contributed by atoms with van der Waals surface area (Å²) in [4.78, 5) is 0.